The zero-order valence-corrected chi connectivity index (χ0v) is 17.7. The van der Waals surface area contributed by atoms with Crippen molar-refractivity contribution in [3.63, 3.8) is 0 Å². The molecule has 1 amide bonds. The first-order valence-electron chi connectivity index (χ1n) is 9.15. The number of rotatable bonds is 8. The van der Waals surface area contributed by atoms with Gasteiger partial charge < -0.3 is 14.8 Å². The Morgan fingerprint density at radius 3 is 2.26 bits per heavy atom. The van der Waals surface area contributed by atoms with Crippen LogP contribution in [0.15, 0.2) is 78.0 Å². The van der Waals surface area contributed by atoms with Crippen LogP contribution >= 0.6 is 0 Å². The van der Waals surface area contributed by atoms with Crippen LogP contribution < -0.4 is 19.5 Å². The van der Waals surface area contributed by atoms with Gasteiger partial charge in [0.05, 0.1) is 14.2 Å². The van der Waals surface area contributed by atoms with E-state index < -0.39 is 15.9 Å². The van der Waals surface area contributed by atoms with Gasteiger partial charge in [0.1, 0.15) is 16.4 Å². The normalized spacial score (nSPS) is 11.2. The third-order valence-corrected chi connectivity index (χ3v) is 5.60. The van der Waals surface area contributed by atoms with E-state index in [1.807, 2.05) is 0 Å². The van der Waals surface area contributed by atoms with E-state index in [1.165, 1.54) is 32.4 Å². The van der Waals surface area contributed by atoms with E-state index in [0.717, 1.165) is 5.56 Å². The van der Waals surface area contributed by atoms with Crippen LogP contribution in [0.3, 0.4) is 0 Å². The number of anilines is 2. The van der Waals surface area contributed by atoms with Crippen LogP contribution in [0.5, 0.6) is 11.5 Å². The van der Waals surface area contributed by atoms with E-state index in [0.29, 0.717) is 17.1 Å². The van der Waals surface area contributed by atoms with E-state index in [-0.39, 0.29) is 10.6 Å². The fourth-order valence-electron chi connectivity index (χ4n) is 2.66. The predicted octanol–water partition coefficient (Wildman–Crippen LogP) is 3.55. The molecule has 0 aliphatic rings. The summed E-state index contributed by atoms with van der Waals surface area (Å²) >= 11 is 0. The lowest BCUT2D eigenvalue weighted by Gasteiger charge is -2.13. The van der Waals surface area contributed by atoms with Gasteiger partial charge in [-0.1, -0.05) is 0 Å². The molecule has 0 atom stereocenters. The van der Waals surface area contributed by atoms with Gasteiger partial charge in [-0.2, -0.15) is 0 Å². The molecule has 0 fully saturated rings. The molecule has 160 valence electrons. The molecule has 0 aliphatic heterocycles. The number of hydrogen-bond donors (Lipinski definition) is 2. The van der Waals surface area contributed by atoms with Gasteiger partial charge in [-0.25, -0.2) is 8.42 Å². The highest BCUT2D eigenvalue weighted by molar-refractivity contribution is 7.92. The number of ether oxygens (including phenoxy) is 2. The van der Waals surface area contributed by atoms with E-state index in [9.17, 15) is 13.2 Å². The van der Waals surface area contributed by atoms with Crippen molar-refractivity contribution >= 4 is 33.4 Å². The Morgan fingerprint density at radius 2 is 1.61 bits per heavy atom. The lowest BCUT2D eigenvalue weighted by molar-refractivity contribution is -0.111. The number of pyridine rings is 1. The van der Waals surface area contributed by atoms with E-state index in [4.69, 9.17) is 9.47 Å². The summed E-state index contributed by atoms with van der Waals surface area (Å²) in [6.07, 6.45) is 6.22. The number of aromatic nitrogens is 1. The Bertz CT molecular complexity index is 1180. The van der Waals surface area contributed by atoms with Crippen LogP contribution in [0.25, 0.3) is 6.08 Å². The fraction of sp³-hybridized carbons (Fsp3) is 0.0909. The molecule has 3 rings (SSSR count). The summed E-state index contributed by atoms with van der Waals surface area (Å²) in [6, 6.07) is 14.3. The lowest BCUT2D eigenvalue weighted by atomic mass is 10.2. The maximum absolute atomic E-state index is 12.9. The zero-order chi connectivity index (χ0) is 22.3. The Kier molecular flexibility index (Phi) is 6.88. The summed E-state index contributed by atoms with van der Waals surface area (Å²) in [5.41, 5.74) is 1.48. The van der Waals surface area contributed by atoms with Crippen molar-refractivity contribution in [2.24, 2.45) is 0 Å². The van der Waals surface area contributed by atoms with Crippen molar-refractivity contribution in [3.8, 4) is 11.5 Å². The second kappa shape index (κ2) is 9.77. The first kappa shape index (κ1) is 21.8. The van der Waals surface area contributed by atoms with Crippen LogP contribution in [0.4, 0.5) is 11.4 Å². The average molecular weight is 439 g/mol. The number of carbonyl (C=O) groups is 1. The van der Waals surface area contributed by atoms with Crippen LogP contribution in [0.2, 0.25) is 0 Å². The topological polar surface area (TPSA) is 107 Å². The molecule has 1 heterocycles. The van der Waals surface area contributed by atoms with Gasteiger partial charge in [-0.15, -0.1) is 0 Å². The third-order valence-electron chi connectivity index (χ3n) is 4.20. The minimum Gasteiger partial charge on any atom is -0.497 e. The molecule has 1 aromatic heterocycles. The fourth-order valence-corrected chi connectivity index (χ4v) is 3.92. The molecule has 2 aromatic carbocycles. The average Bonchev–Trinajstić information content (AvgIpc) is 2.78. The molecule has 9 heteroatoms. The first-order valence-corrected chi connectivity index (χ1v) is 10.6. The first-order chi connectivity index (χ1) is 14.9. The standard InChI is InChI=1S/C22H21N3O5S/c1-29-19-7-4-17(5-8-19)25-31(27,28)21-15-18(6-9-20(21)30-2)24-22(26)10-3-16-11-13-23-14-12-16/h3-15,25H,1-2H3,(H,24,26)/b10-3+. The second-order valence-electron chi connectivity index (χ2n) is 6.30. The van der Waals surface area contributed by atoms with Crippen LogP contribution in [-0.2, 0) is 14.8 Å². The Balaban J connectivity index is 1.80. The summed E-state index contributed by atoms with van der Waals surface area (Å²) in [5, 5.41) is 2.65. The van der Waals surface area contributed by atoms with Crippen molar-refractivity contribution in [1.82, 2.24) is 4.98 Å². The summed E-state index contributed by atoms with van der Waals surface area (Å²) in [6.45, 7) is 0. The van der Waals surface area contributed by atoms with Gasteiger partial charge in [0.15, 0.2) is 0 Å². The van der Waals surface area contributed by atoms with Crippen LogP contribution in [0.1, 0.15) is 5.56 Å². The Morgan fingerprint density at radius 1 is 0.935 bits per heavy atom. The zero-order valence-electron chi connectivity index (χ0n) is 16.9. The summed E-state index contributed by atoms with van der Waals surface area (Å²) in [7, 11) is -1.08. The molecule has 0 aliphatic carbocycles. The number of sulfonamides is 1. The highest BCUT2D eigenvalue weighted by Gasteiger charge is 2.21. The SMILES string of the molecule is COc1ccc(NS(=O)(=O)c2cc(NC(=O)/C=C/c3ccncc3)ccc2OC)cc1. The van der Waals surface area contributed by atoms with Crippen molar-refractivity contribution in [3.05, 3.63) is 78.6 Å². The number of amides is 1. The molecular formula is C22H21N3O5S. The maximum atomic E-state index is 12.9. The van der Waals surface area contributed by atoms with Gasteiger partial charge in [-0.05, 0) is 66.2 Å². The van der Waals surface area contributed by atoms with Gasteiger partial charge >= 0.3 is 0 Å². The van der Waals surface area contributed by atoms with Gasteiger partial charge in [-0.3, -0.25) is 14.5 Å². The molecule has 2 N–H and O–H groups in total. The maximum Gasteiger partial charge on any atom is 0.265 e. The smallest absolute Gasteiger partial charge is 0.265 e. The minimum atomic E-state index is -3.98. The number of carbonyl (C=O) groups excluding carboxylic acids is 1. The summed E-state index contributed by atoms with van der Waals surface area (Å²) < 4.78 is 38.6. The van der Waals surface area contributed by atoms with Crippen molar-refractivity contribution in [1.29, 1.82) is 0 Å². The monoisotopic (exact) mass is 439 g/mol. The quantitative estimate of drug-likeness (QED) is 0.520. The van der Waals surface area contributed by atoms with Crippen molar-refractivity contribution < 1.29 is 22.7 Å². The van der Waals surface area contributed by atoms with Crippen molar-refractivity contribution in [2.75, 3.05) is 24.3 Å². The number of nitrogens with zero attached hydrogens (tertiary/aromatic N) is 1. The second-order valence-corrected chi connectivity index (χ2v) is 7.95. The Labute approximate surface area is 180 Å². The molecule has 0 radical (unpaired) electrons. The lowest BCUT2D eigenvalue weighted by Crippen LogP contribution is -2.15. The molecule has 8 nitrogen and oxygen atoms in total. The largest absolute Gasteiger partial charge is 0.497 e. The molecule has 0 saturated heterocycles. The summed E-state index contributed by atoms with van der Waals surface area (Å²) in [4.78, 5) is 16.0. The van der Waals surface area contributed by atoms with E-state index in [1.54, 1.807) is 60.9 Å². The van der Waals surface area contributed by atoms with E-state index >= 15 is 0 Å². The van der Waals surface area contributed by atoms with Crippen LogP contribution in [-0.4, -0.2) is 33.5 Å². The number of nitrogens with one attached hydrogen (secondary N) is 2. The highest BCUT2D eigenvalue weighted by atomic mass is 32.2. The predicted molar refractivity (Wildman–Crippen MR) is 119 cm³/mol. The molecule has 0 saturated carbocycles. The van der Waals surface area contributed by atoms with Crippen molar-refractivity contribution in [2.45, 2.75) is 4.90 Å². The minimum absolute atomic E-state index is 0.110. The molecule has 0 bridgehead atoms. The van der Waals surface area contributed by atoms with Gasteiger partial charge in [0, 0.05) is 29.8 Å². The molecule has 3 aromatic rings. The van der Waals surface area contributed by atoms with Crippen LogP contribution in [0, 0.1) is 0 Å². The molecule has 31 heavy (non-hydrogen) atoms. The van der Waals surface area contributed by atoms with E-state index in [2.05, 4.69) is 15.0 Å². The molecule has 0 spiro atoms. The highest BCUT2D eigenvalue weighted by Crippen LogP contribution is 2.29. The molecular weight excluding hydrogens is 418 g/mol. The number of benzene rings is 2. The molecule has 0 unspecified atom stereocenters. The summed E-state index contributed by atoms with van der Waals surface area (Å²) in [5.74, 6) is 0.338. The van der Waals surface area contributed by atoms with Gasteiger partial charge in [0.25, 0.3) is 10.0 Å². The number of hydrogen-bond acceptors (Lipinski definition) is 6. The third kappa shape index (κ3) is 5.83. The Hall–Kier alpha value is -3.85. The number of methoxy groups -OCH3 is 2. The van der Waals surface area contributed by atoms with Gasteiger partial charge in [0.2, 0.25) is 5.91 Å².